The largest absolute Gasteiger partial charge is 0.497 e. The molecule has 1 heterocycles. The van der Waals surface area contributed by atoms with Crippen LogP contribution in [0.2, 0.25) is 0 Å². The van der Waals surface area contributed by atoms with Gasteiger partial charge >= 0.3 is 0 Å². The lowest BCUT2D eigenvalue weighted by Gasteiger charge is -2.20. The molecule has 0 radical (unpaired) electrons. The molecule has 0 spiro atoms. The van der Waals surface area contributed by atoms with Crippen molar-refractivity contribution >= 4 is 21.6 Å². The molecule has 3 rings (SSSR count). The van der Waals surface area contributed by atoms with Crippen LogP contribution < -0.4 is 14.8 Å². The van der Waals surface area contributed by atoms with E-state index in [1.807, 2.05) is 6.92 Å². The zero-order valence-electron chi connectivity index (χ0n) is 18.0. The normalized spacial score (nSPS) is 16.2. The Bertz CT molecular complexity index is 968. The molecule has 31 heavy (non-hydrogen) atoms. The van der Waals surface area contributed by atoms with Crippen molar-refractivity contribution < 1.29 is 22.7 Å². The summed E-state index contributed by atoms with van der Waals surface area (Å²) >= 11 is 0. The first-order chi connectivity index (χ1) is 14.9. The van der Waals surface area contributed by atoms with Crippen molar-refractivity contribution in [1.82, 2.24) is 4.31 Å². The van der Waals surface area contributed by atoms with E-state index in [-0.39, 0.29) is 10.8 Å². The molecule has 168 valence electrons. The van der Waals surface area contributed by atoms with Crippen LogP contribution in [0.4, 0.5) is 5.69 Å². The van der Waals surface area contributed by atoms with E-state index in [0.717, 1.165) is 25.7 Å². The van der Waals surface area contributed by atoms with Crippen LogP contribution in [0.3, 0.4) is 0 Å². The fourth-order valence-corrected chi connectivity index (χ4v) is 5.04. The third-order valence-corrected chi connectivity index (χ3v) is 7.22. The van der Waals surface area contributed by atoms with Crippen LogP contribution in [-0.4, -0.2) is 44.9 Å². The maximum atomic E-state index is 12.9. The monoisotopic (exact) mass is 446 g/mol. The number of carbonyl (C=O) groups is 1. The van der Waals surface area contributed by atoms with Crippen LogP contribution in [0.1, 0.15) is 39.0 Å². The minimum absolute atomic E-state index is 0.243. The minimum Gasteiger partial charge on any atom is -0.497 e. The van der Waals surface area contributed by atoms with E-state index in [2.05, 4.69) is 5.32 Å². The molecule has 1 fully saturated rings. The Morgan fingerprint density at radius 1 is 1.03 bits per heavy atom. The summed E-state index contributed by atoms with van der Waals surface area (Å²) in [6, 6.07) is 13.4. The Hall–Kier alpha value is -2.58. The highest BCUT2D eigenvalue weighted by atomic mass is 32.2. The van der Waals surface area contributed by atoms with Gasteiger partial charge in [0.15, 0.2) is 6.10 Å². The average Bonchev–Trinajstić information content (AvgIpc) is 3.08. The molecule has 1 amide bonds. The van der Waals surface area contributed by atoms with Gasteiger partial charge < -0.3 is 14.8 Å². The van der Waals surface area contributed by atoms with Crippen LogP contribution in [0.15, 0.2) is 53.4 Å². The van der Waals surface area contributed by atoms with E-state index in [4.69, 9.17) is 9.47 Å². The third kappa shape index (κ3) is 5.98. The number of hydrogen-bond acceptors (Lipinski definition) is 5. The van der Waals surface area contributed by atoms with E-state index in [1.165, 1.54) is 0 Å². The van der Waals surface area contributed by atoms with Crippen LogP contribution in [0, 0.1) is 0 Å². The van der Waals surface area contributed by atoms with Crippen molar-refractivity contribution in [2.75, 3.05) is 25.5 Å². The van der Waals surface area contributed by atoms with E-state index < -0.39 is 16.1 Å². The summed E-state index contributed by atoms with van der Waals surface area (Å²) in [5.74, 6) is 0.891. The fourth-order valence-electron chi connectivity index (χ4n) is 3.53. The topological polar surface area (TPSA) is 84.9 Å². The standard InChI is InChI=1S/C23H30N2O5S/c1-3-22(30-20-10-8-9-19(17-20)29-2)23(26)24-18-11-13-21(14-12-18)31(27,28)25-15-6-4-5-7-16-25/h8-14,17,22H,3-7,15-16H2,1-2H3,(H,24,26)/t22-/m0/s1. The summed E-state index contributed by atoms with van der Waals surface area (Å²) in [5, 5.41) is 2.81. The first-order valence-electron chi connectivity index (χ1n) is 10.7. The maximum absolute atomic E-state index is 12.9. The molecule has 7 nitrogen and oxygen atoms in total. The van der Waals surface area contributed by atoms with E-state index >= 15 is 0 Å². The minimum atomic E-state index is -3.51. The molecule has 2 aromatic rings. The number of amides is 1. The molecule has 0 unspecified atom stereocenters. The highest BCUT2D eigenvalue weighted by Gasteiger charge is 2.25. The van der Waals surface area contributed by atoms with Crippen LogP contribution in [0.5, 0.6) is 11.5 Å². The van der Waals surface area contributed by atoms with Crippen molar-refractivity contribution in [2.45, 2.75) is 50.0 Å². The summed E-state index contributed by atoms with van der Waals surface area (Å²) in [6.07, 6.45) is 3.69. The lowest BCUT2D eigenvalue weighted by molar-refractivity contribution is -0.122. The van der Waals surface area contributed by atoms with Gasteiger partial charge in [0.2, 0.25) is 10.0 Å². The lowest BCUT2D eigenvalue weighted by Crippen LogP contribution is -2.32. The van der Waals surface area contributed by atoms with Gasteiger partial charge in [-0.2, -0.15) is 4.31 Å². The first-order valence-corrected chi connectivity index (χ1v) is 12.1. The molecule has 8 heteroatoms. The molecule has 0 saturated carbocycles. The number of benzene rings is 2. The number of hydrogen-bond donors (Lipinski definition) is 1. The van der Waals surface area contributed by atoms with Crippen molar-refractivity contribution in [3.05, 3.63) is 48.5 Å². The zero-order chi connectivity index (χ0) is 22.3. The quantitative estimate of drug-likeness (QED) is 0.661. The van der Waals surface area contributed by atoms with E-state index in [9.17, 15) is 13.2 Å². The van der Waals surface area contributed by atoms with Gasteiger partial charge in [-0.05, 0) is 55.7 Å². The summed E-state index contributed by atoms with van der Waals surface area (Å²) in [6.45, 7) is 2.97. The Morgan fingerprint density at radius 2 is 1.68 bits per heavy atom. The first kappa shape index (κ1) is 23.1. The number of nitrogens with zero attached hydrogens (tertiary/aromatic N) is 1. The Labute approximate surface area is 184 Å². The fraction of sp³-hybridized carbons (Fsp3) is 0.435. The zero-order valence-corrected chi connectivity index (χ0v) is 18.9. The van der Waals surface area contributed by atoms with Crippen molar-refractivity contribution in [1.29, 1.82) is 0 Å². The second-order valence-corrected chi connectivity index (χ2v) is 9.46. The van der Waals surface area contributed by atoms with Gasteiger partial charge in [-0.1, -0.05) is 25.8 Å². The Balaban J connectivity index is 1.65. The number of anilines is 1. The van der Waals surface area contributed by atoms with Gasteiger partial charge in [-0.3, -0.25) is 4.79 Å². The molecular weight excluding hydrogens is 416 g/mol. The van der Waals surface area contributed by atoms with Crippen molar-refractivity contribution in [3.63, 3.8) is 0 Å². The van der Waals surface area contributed by atoms with Gasteiger partial charge in [0.05, 0.1) is 12.0 Å². The molecule has 1 atom stereocenters. The van der Waals surface area contributed by atoms with Crippen molar-refractivity contribution in [2.24, 2.45) is 0 Å². The lowest BCUT2D eigenvalue weighted by atomic mass is 10.2. The van der Waals surface area contributed by atoms with E-state index in [0.29, 0.717) is 36.7 Å². The molecule has 0 aliphatic carbocycles. The predicted molar refractivity (Wildman–Crippen MR) is 120 cm³/mol. The highest BCUT2D eigenvalue weighted by molar-refractivity contribution is 7.89. The summed E-state index contributed by atoms with van der Waals surface area (Å²) in [4.78, 5) is 12.9. The molecule has 2 aromatic carbocycles. The smallest absolute Gasteiger partial charge is 0.265 e. The molecule has 0 bridgehead atoms. The summed E-state index contributed by atoms with van der Waals surface area (Å²) < 4.78 is 38.3. The second kappa shape index (κ2) is 10.6. The summed E-state index contributed by atoms with van der Waals surface area (Å²) in [7, 11) is -1.95. The number of methoxy groups -OCH3 is 1. The predicted octanol–water partition coefficient (Wildman–Crippen LogP) is 4.06. The number of sulfonamides is 1. The van der Waals surface area contributed by atoms with E-state index in [1.54, 1.807) is 59.9 Å². The number of nitrogens with one attached hydrogen (secondary N) is 1. The second-order valence-electron chi connectivity index (χ2n) is 7.53. The molecule has 1 saturated heterocycles. The third-order valence-electron chi connectivity index (χ3n) is 5.31. The molecule has 0 aromatic heterocycles. The Morgan fingerprint density at radius 3 is 2.29 bits per heavy atom. The van der Waals surface area contributed by atoms with Gasteiger partial charge in [0, 0.05) is 24.8 Å². The molecular formula is C23H30N2O5S. The number of rotatable bonds is 8. The average molecular weight is 447 g/mol. The van der Waals surface area contributed by atoms with Crippen molar-refractivity contribution in [3.8, 4) is 11.5 Å². The number of carbonyl (C=O) groups excluding carboxylic acids is 1. The molecule has 1 N–H and O–H groups in total. The van der Waals surface area contributed by atoms with Gasteiger partial charge in [0.25, 0.3) is 5.91 Å². The highest BCUT2D eigenvalue weighted by Crippen LogP contribution is 2.23. The van der Waals surface area contributed by atoms with Crippen LogP contribution >= 0.6 is 0 Å². The van der Waals surface area contributed by atoms with Crippen LogP contribution in [-0.2, 0) is 14.8 Å². The van der Waals surface area contributed by atoms with Gasteiger partial charge in [-0.25, -0.2) is 8.42 Å². The van der Waals surface area contributed by atoms with Gasteiger partial charge in [0.1, 0.15) is 11.5 Å². The summed E-state index contributed by atoms with van der Waals surface area (Å²) in [5.41, 5.74) is 0.521. The van der Waals surface area contributed by atoms with Gasteiger partial charge in [-0.15, -0.1) is 0 Å². The number of ether oxygens (including phenoxy) is 2. The Kier molecular flexibility index (Phi) is 7.92. The molecule has 1 aliphatic rings. The maximum Gasteiger partial charge on any atom is 0.265 e. The van der Waals surface area contributed by atoms with Crippen LogP contribution in [0.25, 0.3) is 0 Å². The SMILES string of the molecule is CC[C@H](Oc1cccc(OC)c1)C(=O)Nc1ccc(S(=O)(=O)N2CCCCCC2)cc1. The molecule has 1 aliphatic heterocycles.